The Hall–Kier alpha value is -1.68. The van der Waals surface area contributed by atoms with E-state index in [1.165, 1.54) is 6.07 Å². The first-order valence-corrected chi connectivity index (χ1v) is 6.58. The second-order valence-electron chi connectivity index (χ2n) is 5.05. The average molecular weight is 261 g/mol. The highest BCUT2D eigenvalue weighted by Crippen LogP contribution is 2.16. The topological polar surface area (TPSA) is 29.9 Å². The van der Waals surface area contributed by atoms with E-state index < -0.39 is 0 Å². The summed E-state index contributed by atoms with van der Waals surface area (Å²) in [6.07, 6.45) is 3.87. The van der Waals surface area contributed by atoms with E-state index in [4.69, 9.17) is 0 Å². The largest absolute Gasteiger partial charge is 0.306 e. The van der Waals surface area contributed by atoms with Gasteiger partial charge in [0.2, 0.25) is 0 Å². The lowest BCUT2D eigenvalue weighted by molar-refractivity contribution is 0.523. The first kappa shape index (κ1) is 13.7. The van der Waals surface area contributed by atoms with Crippen molar-refractivity contribution in [3.8, 4) is 0 Å². The summed E-state index contributed by atoms with van der Waals surface area (Å²) in [4.78, 5) is 0. The van der Waals surface area contributed by atoms with Gasteiger partial charge in [0.1, 0.15) is 5.82 Å². The van der Waals surface area contributed by atoms with E-state index in [0.29, 0.717) is 18.2 Å². The minimum absolute atomic E-state index is 0.0244. The summed E-state index contributed by atoms with van der Waals surface area (Å²) in [7, 11) is 0. The zero-order chi connectivity index (χ0) is 13.8. The third-order valence-electron chi connectivity index (χ3n) is 3.17. The van der Waals surface area contributed by atoms with E-state index in [0.717, 1.165) is 5.56 Å². The van der Waals surface area contributed by atoms with Crippen molar-refractivity contribution in [2.24, 2.45) is 0 Å². The monoisotopic (exact) mass is 261 g/mol. The summed E-state index contributed by atoms with van der Waals surface area (Å²) < 4.78 is 15.5. The molecule has 19 heavy (non-hydrogen) atoms. The Labute approximate surface area is 113 Å². The fraction of sp³-hybridized carbons (Fsp3) is 0.400. The van der Waals surface area contributed by atoms with Crippen molar-refractivity contribution in [1.29, 1.82) is 0 Å². The van der Waals surface area contributed by atoms with Crippen LogP contribution in [-0.4, -0.2) is 9.78 Å². The molecule has 1 aromatic heterocycles. The number of benzene rings is 1. The Balaban J connectivity index is 1.96. The van der Waals surface area contributed by atoms with E-state index >= 15 is 0 Å². The molecule has 0 saturated heterocycles. The van der Waals surface area contributed by atoms with Gasteiger partial charge < -0.3 is 5.32 Å². The van der Waals surface area contributed by atoms with Gasteiger partial charge in [-0.05, 0) is 26.8 Å². The van der Waals surface area contributed by atoms with Crippen molar-refractivity contribution in [3.05, 3.63) is 53.6 Å². The smallest absolute Gasteiger partial charge is 0.127 e. The minimum atomic E-state index is -0.166. The lowest BCUT2D eigenvalue weighted by atomic mass is 10.1. The van der Waals surface area contributed by atoms with Gasteiger partial charge in [0.15, 0.2) is 0 Å². The van der Waals surface area contributed by atoms with Crippen molar-refractivity contribution in [2.75, 3.05) is 0 Å². The van der Waals surface area contributed by atoms with E-state index in [-0.39, 0.29) is 11.9 Å². The van der Waals surface area contributed by atoms with E-state index in [9.17, 15) is 4.39 Å². The average Bonchev–Trinajstić information content (AvgIpc) is 2.85. The van der Waals surface area contributed by atoms with Crippen LogP contribution in [0, 0.1) is 5.82 Å². The van der Waals surface area contributed by atoms with Gasteiger partial charge in [-0.2, -0.15) is 5.10 Å². The van der Waals surface area contributed by atoms with Crippen molar-refractivity contribution in [2.45, 2.75) is 39.4 Å². The Morgan fingerprint density at radius 2 is 2.00 bits per heavy atom. The van der Waals surface area contributed by atoms with Crippen LogP contribution >= 0.6 is 0 Å². The van der Waals surface area contributed by atoms with E-state index in [2.05, 4.69) is 24.3 Å². The molecule has 0 unspecified atom stereocenters. The molecule has 0 fully saturated rings. The van der Waals surface area contributed by atoms with Crippen molar-refractivity contribution >= 4 is 0 Å². The minimum Gasteiger partial charge on any atom is -0.306 e. The van der Waals surface area contributed by atoms with Crippen LogP contribution in [0.3, 0.4) is 0 Å². The van der Waals surface area contributed by atoms with Crippen LogP contribution in [0.4, 0.5) is 4.39 Å². The number of aromatic nitrogens is 2. The van der Waals surface area contributed by atoms with E-state index in [1.807, 2.05) is 36.1 Å². The summed E-state index contributed by atoms with van der Waals surface area (Å²) in [5.41, 5.74) is 1.80. The molecule has 1 heterocycles. The highest BCUT2D eigenvalue weighted by atomic mass is 19.1. The van der Waals surface area contributed by atoms with Crippen LogP contribution in [0.1, 0.15) is 44.0 Å². The number of hydrogen-bond acceptors (Lipinski definition) is 2. The third-order valence-corrected chi connectivity index (χ3v) is 3.17. The van der Waals surface area contributed by atoms with Gasteiger partial charge in [0, 0.05) is 36.0 Å². The maximum absolute atomic E-state index is 13.6. The highest BCUT2D eigenvalue weighted by Gasteiger charge is 2.10. The second-order valence-corrected chi connectivity index (χ2v) is 5.05. The first-order valence-electron chi connectivity index (χ1n) is 6.58. The summed E-state index contributed by atoms with van der Waals surface area (Å²) >= 11 is 0. The summed E-state index contributed by atoms with van der Waals surface area (Å²) in [6, 6.07) is 7.20. The molecule has 1 atom stereocenters. The van der Waals surface area contributed by atoms with Gasteiger partial charge in [-0.1, -0.05) is 18.2 Å². The zero-order valence-corrected chi connectivity index (χ0v) is 11.6. The second kappa shape index (κ2) is 5.97. The SMILES string of the molecule is CC(C)n1cc(CN[C@H](C)c2ccccc2F)cn1. The third kappa shape index (κ3) is 3.41. The Morgan fingerprint density at radius 1 is 1.26 bits per heavy atom. The van der Waals surface area contributed by atoms with Gasteiger partial charge in [0.25, 0.3) is 0 Å². The first-order chi connectivity index (χ1) is 9.08. The van der Waals surface area contributed by atoms with Crippen molar-refractivity contribution in [1.82, 2.24) is 15.1 Å². The molecular weight excluding hydrogens is 241 g/mol. The molecule has 2 aromatic rings. The lowest BCUT2D eigenvalue weighted by Gasteiger charge is -2.14. The molecule has 2 rings (SSSR count). The maximum Gasteiger partial charge on any atom is 0.127 e. The number of nitrogens with one attached hydrogen (secondary N) is 1. The standard InChI is InChI=1S/C15H20FN3/c1-11(2)19-10-13(9-18-19)8-17-12(3)14-6-4-5-7-15(14)16/h4-7,9-12,17H,8H2,1-3H3/t12-/m1/s1. The molecule has 102 valence electrons. The number of halogens is 1. The van der Waals surface area contributed by atoms with Crippen LogP contribution in [0.5, 0.6) is 0 Å². The van der Waals surface area contributed by atoms with Crippen molar-refractivity contribution in [3.63, 3.8) is 0 Å². The molecule has 0 saturated carbocycles. The molecule has 1 aromatic carbocycles. The molecule has 0 aliphatic rings. The molecule has 0 aliphatic heterocycles. The maximum atomic E-state index is 13.6. The van der Waals surface area contributed by atoms with Gasteiger partial charge in [0.05, 0.1) is 6.20 Å². The molecule has 0 bridgehead atoms. The molecular formula is C15H20FN3. The van der Waals surface area contributed by atoms with Crippen LogP contribution in [0.15, 0.2) is 36.7 Å². The van der Waals surface area contributed by atoms with Gasteiger partial charge in [-0.3, -0.25) is 4.68 Å². The molecule has 3 nitrogen and oxygen atoms in total. The molecule has 0 radical (unpaired) electrons. The highest BCUT2D eigenvalue weighted by molar-refractivity contribution is 5.20. The van der Waals surface area contributed by atoms with Gasteiger partial charge >= 0.3 is 0 Å². The predicted octanol–water partition coefficient (Wildman–Crippen LogP) is 3.45. The van der Waals surface area contributed by atoms with E-state index in [1.54, 1.807) is 6.07 Å². The number of nitrogens with zero attached hydrogens (tertiary/aromatic N) is 2. The zero-order valence-electron chi connectivity index (χ0n) is 11.6. The number of hydrogen-bond donors (Lipinski definition) is 1. The fourth-order valence-corrected chi connectivity index (χ4v) is 1.96. The van der Waals surface area contributed by atoms with Crippen LogP contribution in [0.25, 0.3) is 0 Å². The molecule has 1 N–H and O–H groups in total. The Bertz CT molecular complexity index is 534. The van der Waals surface area contributed by atoms with Crippen molar-refractivity contribution < 1.29 is 4.39 Å². The summed E-state index contributed by atoms with van der Waals surface area (Å²) in [6.45, 7) is 6.83. The van der Waals surface area contributed by atoms with Gasteiger partial charge in [-0.15, -0.1) is 0 Å². The predicted molar refractivity (Wildman–Crippen MR) is 74.3 cm³/mol. The van der Waals surface area contributed by atoms with Crippen LogP contribution in [-0.2, 0) is 6.54 Å². The molecule has 0 amide bonds. The quantitative estimate of drug-likeness (QED) is 0.893. The normalized spacial score (nSPS) is 12.9. The van der Waals surface area contributed by atoms with Crippen LogP contribution in [0.2, 0.25) is 0 Å². The van der Waals surface area contributed by atoms with Crippen LogP contribution < -0.4 is 5.32 Å². The number of rotatable bonds is 5. The van der Waals surface area contributed by atoms with Gasteiger partial charge in [-0.25, -0.2) is 4.39 Å². The fourth-order valence-electron chi connectivity index (χ4n) is 1.96. The molecule has 0 aliphatic carbocycles. The molecule has 0 spiro atoms. The summed E-state index contributed by atoms with van der Waals surface area (Å²) in [5, 5.41) is 7.60. The Kier molecular flexibility index (Phi) is 4.32. The Morgan fingerprint density at radius 3 is 2.63 bits per heavy atom. The molecule has 4 heteroatoms. The summed E-state index contributed by atoms with van der Waals surface area (Å²) in [5.74, 6) is -0.166. The lowest BCUT2D eigenvalue weighted by Crippen LogP contribution is -2.18.